The first kappa shape index (κ1) is 22.5. The number of benzene rings is 2. The van der Waals surface area contributed by atoms with E-state index in [9.17, 15) is 0 Å². The molecule has 2 aromatic rings. The van der Waals surface area contributed by atoms with Gasteiger partial charge < -0.3 is 12.3 Å². The molecule has 0 aromatic heterocycles. The Kier molecular flexibility index (Phi) is 12.1. The Morgan fingerprint density at radius 3 is 1.50 bits per heavy atom. The molecule has 0 saturated carbocycles. The van der Waals surface area contributed by atoms with Gasteiger partial charge in [-0.3, -0.25) is 0 Å². The van der Waals surface area contributed by atoms with Crippen LogP contribution in [0.25, 0.3) is 5.57 Å². The summed E-state index contributed by atoms with van der Waals surface area (Å²) >= 11 is 0. The van der Waals surface area contributed by atoms with E-state index < -0.39 is 0 Å². The second-order valence-corrected chi connectivity index (χ2v) is 4.59. The summed E-state index contributed by atoms with van der Waals surface area (Å²) in [6, 6.07) is 17.3. The quantitative estimate of drug-likeness (QED) is 0.849. The van der Waals surface area contributed by atoms with Gasteiger partial charge in [0.2, 0.25) is 0 Å². The lowest BCUT2D eigenvalue weighted by molar-refractivity contribution is 1.13. The van der Waals surface area contributed by atoms with Crippen LogP contribution in [0.4, 0.5) is 0 Å². The standard InChI is InChI=1S/C18H20.B2H4.2H3N/c1-4-15-8-6-10-17(12-15)14(3)18-11-7-9-16(5-2)13-18;1-2;;/h6-13H,3-5H2,1-2H3;1-2H2;2*1H3. The maximum atomic E-state index is 4.25. The van der Waals surface area contributed by atoms with Gasteiger partial charge in [0.1, 0.15) is 0 Å². The summed E-state index contributed by atoms with van der Waals surface area (Å²) < 4.78 is 0. The minimum absolute atomic E-state index is 0. The first-order chi connectivity index (χ1) is 9.74. The van der Waals surface area contributed by atoms with Gasteiger partial charge in [0, 0.05) is 0 Å². The molecule has 0 aliphatic carbocycles. The summed E-state index contributed by atoms with van der Waals surface area (Å²) in [5.74, 6) is 0. The maximum Gasteiger partial charge on any atom is 0.0643 e. The van der Waals surface area contributed by atoms with Gasteiger partial charge in [-0.25, -0.2) is 0 Å². The Hall–Kier alpha value is -1.77. The molecule has 0 radical (unpaired) electrons. The lowest BCUT2D eigenvalue weighted by Crippen LogP contribution is -1.90. The molecule has 4 heteroatoms. The Morgan fingerprint density at radius 1 is 0.818 bits per heavy atom. The van der Waals surface area contributed by atoms with Crippen LogP contribution in [0, 0.1) is 0 Å². The number of hydrogen-bond acceptors (Lipinski definition) is 2. The molecular formula is C18H30B2N2. The van der Waals surface area contributed by atoms with Crippen LogP contribution in [0.15, 0.2) is 55.1 Å². The van der Waals surface area contributed by atoms with Crippen molar-refractivity contribution in [2.75, 3.05) is 0 Å². The van der Waals surface area contributed by atoms with Crippen molar-refractivity contribution >= 4 is 21.0 Å². The Bertz CT molecular complexity index is 519. The molecule has 0 spiro atoms. The fraction of sp³-hybridized carbons (Fsp3) is 0.222. The van der Waals surface area contributed by atoms with Crippen molar-refractivity contribution in [2.24, 2.45) is 0 Å². The van der Waals surface area contributed by atoms with Gasteiger partial charge in [-0.15, -0.1) is 0 Å². The number of rotatable bonds is 4. The topological polar surface area (TPSA) is 70.0 Å². The molecule has 0 aliphatic rings. The van der Waals surface area contributed by atoms with Gasteiger partial charge in [-0.05, 0) is 40.7 Å². The van der Waals surface area contributed by atoms with Crippen molar-refractivity contribution in [3.63, 3.8) is 0 Å². The SMILES string of the molecule is BB.C=C(c1cccc(CC)c1)c1cccc(CC)c1.N.N. The van der Waals surface area contributed by atoms with Crippen molar-refractivity contribution in [1.82, 2.24) is 12.3 Å². The minimum Gasteiger partial charge on any atom is -0.344 e. The molecule has 2 rings (SSSR count). The average Bonchev–Trinajstić information content (AvgIpc) is 2.56. The molecule has 0 heterocycles. The molecular weight excluding hydrogens is 266 g/mol. The number of hydrogen-bond donors (Lipinski definition) is 2. The summed E-state index contributed by atoms with van der Waals surface area (Å²) in [4.78, 5) is 0. The van der Waals surface area contributed by atoms with Crippen LogP contribution in [0.3, 0.4) is 0 Å². The van der Waals surface area contributed by atoms with E-state index in [1.54, 1.807) is 0 Å². The first-order valence-corrected chi connectivity index (χ1v) is 7.62. The molecule has 0 fully saturated rings. The number of aryl methyl sites for hydroxylation is 2. The zero-order chi connectivity index (χ0) is 15.0. The predicted octanol–water partition coefficient (Wildman–Crippen LogP) is 3.36. The lowest BCUT2D eigenvalue weighted by Gasteiger charge is -2.09. The highest BCUT2D eigenvalue weighted by molar-refractivity contribution is 6.75. The van der Waals surface area contributed by atoms with E-state index in [4.69, 9.17) is 0 Å². The second kappa shape index (κ2) is 11.8. The molecule has 2 nitrogen and oxygen atoms in total. The zero-order valence-electron chi connectivity index (χ0n) is 14.7. The van der Waals surface area contributed by atoms with Gasteiger partial charge in [0.15, 0.2) is 0 Å². The van der Waals surface area contributed by atoms with Crippen LogP contribution in [-0.2, 0) is 12.8 Å². The molecule has 6 N–H and O–H groups in total. The summed E-state index contributed by atoms with van der Waals surface area (Å²) in [6.07, 6.45) is 2.13. The minimum atomic E-state index is 0. The molecule has 22 heavy (non-hydrogen) atoms. The highest BCUT2D eigenvalue weighted by Gasteiger charge is 2.03. The lowest BCUT2D eigenvalue weighted by atomic mass is 9.81. The van der Waals surface area contributed by atoms with Gasteiger partial charge in [-0.1, -0.05) is 69.0 Å². The molecule has 0 aliphatic heterocycles. The van der Waals surface area contributed by atoms with Crippen molar-refractivity contribution < 1.29 is 0 Å². The van der Waals surface area contributed by atoms with Gasteiger partial charge in [0.25, 0.3) is 0 Å². The third kappa shape index (κ3) is 5.92. The van der Waals surface area contributed by atoms with Crippen LogP contribution in [0.2, 0.25) is 0 Å². The predicted molar refractivity (Wildman–Crippen MR) is 107 cm³/mol. The van der Waals surface area contributed by atoms with Crippen LogP contribution in [0.1, 0.15) is 36.1 Å². The summed E-state index contributed by atoms with van der Waals surface area (Å²) in [5, 5.41) is 0. The van der Waals surface area contributed by atoms with E-state index in [1.165, 1.54) is 22.3 Å². The first-order valence-electron chi connectivity index (χ1n) is 7.62. The van der Waals surface area contributed by atoms with E-state index >= 15 is 0 Å². The molecule has 0 bridgehead atoms. The normalized spacial score (nSPS) is 8.64. The Morgan fingerprint density at radius 2 is 1.18 bits per heavy atom. The van der Waals surface area contributed by atoms with E-state index in [-0.39, 0.29) is 12.3 Å². The fourth-order valence-electron chi connectivity index (χ4n) is 2.12. The van der Waals surface area contributed by atoms with Crippen molar-refractivity contribution in [3.05, 3.63) is 77.4 Å². The Balaban J connectivity index is 0. The second-order valence-electron chi connectivity index (χ2n) is 4.59. The van der Waals surface area contributed by atoms with Crippen molar-refractivity contribution in [3.8, 4) is 0 Å². The van der Waals surface area contributed by atoms with Crippen molar-refractivity contribution in [1.29, 1.82) is 0 Å². The van der Waals surface area contributed by atoms with E-state index in [0.717, 1.165) is 18.4 Å². The third-order valence-corrected chi connectivity index (χ3v) is 3.37. The molecule has 0 atom stereocenters. The molecule has 118 valence electrons. The Labute approximate surface area is 138 Å². The monoisotopic (exact) mass is 296 g/mol. The van der Waals surface area contributed by atoms with Gasteiger partial charge >= 0.3 is 0 Å². The third-order valence-electron chi connectivity index (χ3n) is 3.37. The zero-order valence-corrected chi connectivity index (χ0v) is 14.7. The van der Waals surface area contributed by atoms with E-state index in [0.29, 0.717) is 0 Å². The van der Waals surface area contributed by atoms with Crippen molar-refractivity contribution in [2.45, 2.75) is 26.7 Å². The van der Waals surface area contributed by atoms with Gasteiger partial charge in [0.05, 0.1) is 15.5 Å². The summed E-state index contributed by atoms with van der Waals surface area (Å²) in [5.41, 5.74) is 6.28. The van der Waals surface area contributed by atoms with Crippen LogP contribution in [-0.4, -0.2) is 15.5 Å². The van der Waals surface area contributed by atoms with Gasteiger partial charge in [-0.2, -0.15) is 0 Å². The maximum absolute atomic E-state index is 4.25. The summed E-state index contributed by atoms with van der Waals surface area (Å²) in [6.45, 7) is 8.61. The van der Waals surface area contributed by atoms with Crippen LogP contribution >= 0.6 is 0 Å². The largest absolute Gasteiger partial charge is 0.344 e. The highest BCUT2D eigenvalue weighted by atomic mass is 14.1. The molecule has 2 aromatic carbocycles. The van der Waals surface area contributed by atoms with Crippen LogP contribution in [0.5, 0.6) is 0 Å². The summed E-state index contributed by atoms with van der Waals surface area (Å²) in [7, 11) is 4.00. The molecule has 0 saturated heterocycles. The molecule has 0 amide bonds. The fourth-order valence-corrected chi connectivity index (χ4v) is 2.12. The molecule has 0 unspecified atom stereocenters. The van der Waals surface area contributed by atoms with E-state index in [2.05, 4.69) is 69.0 Å². The highest BCUT2D eigenvalue weighted by Crippen LogP contribution is 2.23. The van der Waals surface area contributed by atoms with Crippen LogP contribution < -0.4 is 12.3 Å². The average molecular weight is 296 g/mol. The van der Waals surface area contributed by atoms with E-state index in [1.807, 2.05) is 15.5 Å². The smallest absolute Gasteiger partial charge is 0.0643 e.